The molecule has 0 saturated carbocycles. The Hall–Kier alpha value is -1.17. The fraction of sp³-hybridized carbons (Fsp3) is 0.643. The van der Waals surface area contributed by atoms with Gasteiger partial charge in [0.05, 0.1) is 12.3 Å². The fourth-order valence-corrected chi connectivity index (χ4v) is 2.27. The van der Waals surface area contributed by atoms with Gasteiger partial charge in [0, 0.05) is 39.3 Å². The van der Waals surface area contributed by atoms with Gasteiger partial charge in [-0.1, -0.05) is 6.07 Å². The Morgan fingerprint density at radius 3 is 2.58 bits per heavy atom. The van der Waals surface area contributed by atoms with Crippen LogP contribution in [0.4, 0.5) is 5.82 Å². The van der Waals surface area contributed by atoms with E-state index in [2.05, 4.69) is 33.8 Å². The molecule has 5 heteroatoms. The second kappa shape index (κ2) is 6.84. The minimum Gasteiger partial charge on any atom is -0.390 e. The quantitative estimate of drug-likeness (QED) is 0.826. The summed E-state index contributed by atoms with van der Waals surface area (Å²) in [5, 5.41) is 9.13. The first-order valence-corrected chi connectivity index (χ1v) is 6.88. The third-order valence-electron chi connectivity index (χ3n) is 3.51. The minimum absolute atomic E-state index is 0.0106. The topological polar surface area (TPSA) is 42.8 Å². The van der Waals surface area contributed by atoms with E-state index in [4.69, 9.17) is 5.11 Å². The van der Waals surface area contributed by atoms with Crippen LogP contribution in [-0.4, -0.2) is 73.3 Å². The molecule has 19 heavy (non-hydrogen) atoms. The predicted octanol–water partition coefficient (Wildman–Crippen LogP) is 0.257. The van der Waals surface area contributed by atoms with Crippen LogP contribution in [0.5, 0.6) is 0 Å². The van der Waals surface area contributed by atoms with E-state index in [1.165, 1.54) is 0 Å². The van der Waals surface area contributed by atoms with Crippen molar-refractivity contribution in [2.75, 3.05) is 58.3 Å². The van der Waals surface area contributed by atoms with Crippen molar-refractivity contribution in [1.82, 2.24) is 14.8 Å². The van der Waals surface area contributed by atoms with Crippen molar-refractivity contribution in [3.8, 4) is 0 Å². The van der Waals surface area contributed by atoms with Gasteiger partial charge in [0.15, 0.2) is 0 Å². The van der Waals surface area contributed by atoms with Gasteiger partial charge in [-0.05, 0) is 26.2 Å². The van der Waals surface area contributed by atoms with Gasteiger partial charge in [-0.2, -0.15) is 0 Å². The average molecular weight is 264 g/mol. The number of hydrogen-bond donors (Lipinski definition) is 1. The fourth-order valence-electron chi connectivity index (χ4n) is 2.27. The number of rotatable bonds is 5. The molecule has 0 radical (unpaired) electrons. The lowest BCUT2D eigenvalue weighted by Gasteiger charge is -2.35. The Morgan fingerprint density at radius 2 is 1.95 bits per heavy atom. The van der Waals surface area contributed by atoms with Crippen LogP contribution in [0.2, 0.25) is 0 Å². The van der Waals surface area contributed by atoms with Crippen molar-refractivity contribution in [2.45, 2.75) is 6.61 Å². The highest BCUT2D eigenvalue weighted by atomic mass is 16.3. The lowest BCUT2D eigenvalue weighted by Crippen LogP contribution is -2.48. The molecule has 0 atom stereocenters. The number of aliphatic hydroxyl groups excluding tert-OH is 1. The zero-order valence-electron chi connectivity index (χ0n) is 11.9. The lowest BCUT2D eigenvalue weighted by atomic mass is 10.3. The Morgan fingerprint density at radius 1 is 1.21 bits per heavy atom. The Labute approximate surface area is 115 Å². The van der Waals surface area contributed by atoms with Gasteiger partial charge in [0.2, 0.25) is 0 Å². The molecule has 1 N–H and O–H groups in total. The van der Waals surface area contributed by atoms with Crippen molar-refractivity contribution in [1.29, 1.82) is 0 Å². The van der Waals surface area contributed by atoms with Gasteiger partial charge >= 0.3 is 0 Å². The van der Waals surface area contributed by atoms with Crippen molar-refractivity contribution in [3.63, 3.8) is 0 Å². The number of likely N-dealkylation sites (N-methyl/N-ethyl adjacent to an activating group) is 1. The molecule has 1 aliphatic rings. The Bertz CT molecular complexity index is 389. The number of hydrogen-bond acceptors (Lipinski definition) is 5. The van der Waals surface area contributed by atoms with Crippen LogP contribution in [0, 0.1) is 0 Å². The van der Waals surface area contributed by atoms with E-state index in [1.54, 1.807) is 0 Å². The molecule has 1 aromatic heterocycles. The van der Waals surface area contributed by atoms with Crippen molar-refractivity contribution < 1.29 is 5.11 Å². The van der Waals surface area contributed by atoms with Crippen LogP contribution in [0.25, 0.3) is 0 Å². The summed E-state index contributed by atoms with van der Waals surface area (Å²) in [5.41, 5.74) is 0.743. The summed E-state index contributed by atoms with van der Waals surface area (Å²) >= 11 is 0. The summed E-state index contributed by atoms with van der Waals surface area (Å²) in [6.07, 6.45) is 0. The van der Waals surface area contributed by atoms with Crippen molar-refractivity contribution >= 4 is 5.82 Å². The number of pyridine rings is 1. The van der Waals surface area contributed by atoms with E-state index < -0.39 is 0 Å². The number of aliphatic hydroxyl groups is 1. The zero-order valence-corrected chi connectivity index (χ0v) is 11.9. The molecule has 0 amide bonds. The summed E-state index contributed by atoms with van der Waals surface area (Å²) in [5.74, 6) is 0.985. The summed E-state index contributed by atoms with van der Waals surface area (Å²) < 4.78 is 0. The molecular formula is C14H24N4O. The summed E-state index contributed by atoms with van der Waals surface area (Å²) in [6.45, 7) is 6.43. The molecule has 1 aromatic rings. The van der Waals surface area contributed by atoms with Crippen molar-refractivity contribution in [2.24, 2.45) is 0 Å². The highest BCUT2D eigenvalue weighted by Crippen LogP contribution is 2.14. The molecule has 1 fully saturated rings. The first-order valence-electron chi connectivity index (χ1n) is 6.88. The van der Waals surface area contributed by atoms with Gasteiger partial charge in [0.25, 0.3) is 0 Å². The maximum atomic E-state index is 9.13. The summed E-state index contributed by atoms with van der Waals surface area (Å²) in [4.78, 5) is 11.5. The molecule has 5 nitrogen and oxygen atoms in total. The van der Waals surface area contributed by atoms with Crippen LogP contribution < -0.4 is 4.90 Å². The molecule has 1 aliphatic heterocycles. The number of aromatic nitrogens is 1. The average Bonchev–Trinajstić information content (AvgIpc) is 2.45. The van der Waals surface area contributed by atoms with Gasteiger partial charge in [-0.3, -0.25) is 4.90 Å². The molecule has 0 aliphatic carbocycles. The van der Waals surface area contributed by atoms with Gasteiger partial charge in [-0.25, -0.2) is 4.98 Å². The summed E-state index contributed by atoms with van der Waals surface area (Å²) in [6, 6.07) is 5.85. The maximum absolute atomic E-state index is 9.13. The maximum Gasteiger partial charge on any atom is 0.128 e. The molecule has 0 bridgehead atoms. The highest BCUT2D eigenvalue weighted by Gasteiger charge is 2.17. The summed E-state index contributed by atoms with van der Waals surface area (Å²) in [7, 11) is 4.22. The predicted molar refractivity (Wildman–Crippen MR) is 77.4 cm³/mol. The first-order chi connectivity index (χ1) is 9.19. The van der Waals surface area contributed by atoms with E-state index in [9.17, 15) is 0 Å². The van der Waals surface area contributed by atoms with Crippen LogP contribution in [0.15, 0.2) is 18.2 Å². The zero-order chi connectivity index (χ0) is 13.7. The van der Waals surface area contributed by atoms with Gasteiger partial charge < -0.3 is 14.9 Å². The van der Waals surface area contributed by atoms with Gasteiger partial charge in [0.1, 0.15) is 5.82 Å². The van der Waals surface area contributed by atoms with Crippen LogP contribution in [-0.2, 0) is 6.61 Å². The molecular weight excluding hydrogens is 240 g/mol. The lowest BCUT2D eigenvalue weighted by molar-refractivity contribution is 0.229. The third-order valence-corrected chi connectivity index (χ3v) is 3.51. The number of nitrogens with zero attached hydrogens (tertiary/aromatic N) is 4. The van der Waals surface area contributed by atoms with Crippen LogP contribution >= 0.6 is 0 Å². The van der Waals surface area contributed by atoms with E-state index >= 15 is 0 Å². The van der Waals surface area contributed by atoms with Crippen LogP contribution in [0.1, 0.15) is 5.69 Å². The largest absolute Gasteiger partial charge is 0.390 e. The Balaban J connectivity index is 1.85. The van der Waals surface area contributed by atoms with E-state index in [-0.39, 0.29) is 6.61 Å². The van der Waals surface area contributed by atoms with E-state index in [1.807, 2.05) is 18.2 Å². The molecule has 0 aromatic carbocycles. The minimum atomic E-state index is 0.0106. The standard InChI is InChI=1S/C14H24N4O/c1-16(2)6-7-17-8-10-18(11-9-17)14-5-3-4-13(12-19)15-14/h3-5,19H,6-12H2,1-2H3. The molecule has 0 spiro atoms. The van der Waals surface area contributed by atoms with Crippen LogP contribution in [0.3, 0.4) is 0 Å². The normalized spacial score (nSPS) is 17.2. The Kier molecular flexibility index (Phi) is 5.13. The van der Waals surface area contributed by atoms with E-state index in [0.29, 0.717) is 0 Å². The monoisotopic (exact) mass is 264 g/mol. The second-order valence-electron chi connectivity index (χ2n) is 5.28. The van der Waals surface area contributed by atoms with Gasteiger partial charge in [-0.15, -0.1) is 0 Å². The molecule has 106 valence electrons. The number of piperazine rings is 1. The molecule has 2 heterocycles. The second-order valence-corrected chi connectivity index (χ2v) is 5.28. The smallest absolute Gasteiger partial charge is 0.128 e. The van der Waals surface area contributed by atoms with Crippen molar-refractivity contribution in [3.05, 3.63) is 23.9 Å². The SMILES string of the molecule is CN(C)CCN1CCN(c2cccc(CO)n2)CC1. The third kappa shape index (κ3) is 4.16. The van der Waals surface area contributed by atoms with E-state index in [0.717, 1.165) is 50.8 Å². The first kappa shape index (κ1) is 14.2. The molecule has 2 rings (SSSR count). The highest BCUT2D eigenvalue weighted by molar-refractivity contribution is 5.39. The number of anilines is 1. The molecule has 0 unspecified atom stereocenters. The molecule has 1 saturated heterocycles.